The summed E-state index contributed by atoms with van der Waals surface area (Å²) in [7, 11) is 0. The van der Waals surface area contributed by atoms with Gasteiger partial charge in [0.15, 0.2) is 0 Å². The molecule has 182 valence electrons. The van der Waals surface area contributed by atoms with Crippen molar-refractivity contribution >= 4 is 33.6 Å². The molecular formula is C33H33IN2. The lowest BCUT2D eigenvalue weighted by Gasteiger charge is -2.23. The molecule has 0 radical (unpaired) electrons. The number of fused-ring (bicyclic) bond motifs is 1. The summed E-state index contributed by atoms with van der Waals surface area (Å²) < 4.78 is 3.57. The van der Waals surface area contributed by atoms with E-state index in [1.54, 1.807) is 0 Å². The predicted molar refractivity (Wildman–Crippen MR) is 162 cm³/mol. The molecule has 0 bridgehead atoms. The molecule has 1 aromatic heterocycles. The molecule has 0 aliphatic heterocycles. The summed E-state index contributed by atoms with van der Waals surface area (Å²) in [6.07, 6.45) is 0. The first-order valence-corrected chi connectivity index (χ1v) is 13.6. The Morgan fingerprint density at radius 3 is 2.00 bits per heavy atom. The standard InChI is InChI=1S/C33H33IN2/c1-32(2,3)24-16-17-29(27(21-24)22-12-8-7-9-13-22)36-30-15-11-10-14-28(30)35-31(36)23-18-25(33(4,5)6)20-26(34)19-23/h7-21H,1-6H3. The van der Waals surface area contributed by atoms with Gasteiger partial charge < -0.3 is 0 Å². The number of benzene rings is 4. The molecular weight excluding hydrogens is 551 g/mol. The van der Waals surface area contributed by atoms with Crippen molar-refractivity contribution in [2.75, 3.05) is 0 Å². The molecule has 0 amide bonds. The number of aromatic nitrogens is 2. The Kier molecular flexibility index (Phi) is 6.32. The summed E-state index contributed by atoms with van der Waals surface area (Å²) in [5.41, 5.74) is 9.57. The van der Waals surface area contributed by atoms with Crippen LogP contribution in [-0.2, 0) is 10.8 Å². The molecule has 36 heavy (non-hydrogen) atoms. The van der Waals surface area contributed by atoms with Crippen LogP contribution in [0.2, 0.25) is 0 Å². The number of halogens is 1. The van der Waals surface area contributed by atoms with Crippen LogP contribution in [0, 0.1) is 3.57 Å². The number of imidazole rings is 1. The second kappa shape index (κ2) is 9.19. The van der Waals surface area contributed by atoms with E-state index < -0.39 is 0 Å². The second-order valence-corrected chi connectivity index (χ2v) is 12.8. The molecule has 0 saturated carbocycles. The summed E-state index contributed by atoms with van der Waals surface area (Å²) in [5, 5.41) is 0. The average Bonchev–Trinajstić information content (AvgIpc) is 3.22. The van der Waals surface area contributed by atoms with Crippen LogP contribution in [0.25, 0.3) is 39.2 Å². The maximum Gasteiger partial charge on any atom is 0.145 e. The summed E-state index contributed by atoms with van der Waals surface area (Å²) in [4.78, 5) is 5.19. The number of para-hydroxylation sites is 2. The highest BCUT2D eigenvalue weighted by Crippen LogP contribution is 2.38. The van der Waals surface area contributed by atoms with Gasteiger partial charge in [0.25, 0.3) is 0 Å². The van der Waals surface area contributed by atoms with Gasteiger partial charge in [0.05, 0.1) is 16.7 Å². The average molecular weight is 585 g/mol. The topological polar surface area (TPSA) is 17.8 Å². The van der Waals surface area contributed by atoms with E-state index in [4.69, 9.17) is 4.98 Å². The molecule has 0 aliphatic carbocycles. The molecule has 0 N–H and O–H groups in total. The van der Waals surface area contributed by atoms with Crippen LogP contribution in [-0.4, -0.2) is 9.55 Å². The van der Waals surface area contributed by atoms with E-state index in [0.29, 0.717) is 0 Å². The third kappa shape index (κ3) is 4.73. The summed E-state index contributed by atoms with van der Waals surface area (Å²) in [6, 6.07) is 32.9. The molecule has 5 rings (SSSR count). The lowest BCUT2D eigenvalue weighted by Crippen LogP contribution is -2.12. The van der Waals surface area contributed by atoms with Crippen molar-refractivity contribution in [3.63, 3.8) is 0 Å². The maximum absolute atomic E-state index is 5.19. The zero-order chi connectivity index (χ0) is 25.7. The molecule has 4 aromatic carbocycles. The van der Waals surface area contributed by atoms with Crippen molar-refractivity contribution < 1.29 is 0 Å². The van der Waals surface area contributed by atoms with Crippen molar-refractivity contribution in [3.8, 4) is 28.2 Å². The third-order valence-electron chi connectivity index (χ3n) is 6.77. The van der Waals surface area contributed by atoms with E-state index in [-0.39, 0.29) is 10.8 Å². The van der Waals surface area contributed by atoms with Gasteiger partial charge in [-0.05, 0) is 92.6 Å². The fourth-order valence-electron chi connectivity index (χ4n) is 4.66. The molecule has 3 heteroatoms. The highest BCUT2D eigenvalue weighted by molar-refractivity contribution is 14.1. The molecule has 2 nitrogen and oxygen atoms in total. The summed E-state index contributed by atoms with van der Waals surface area (Å²) >= 11 is 2.43. The minimum Gasteiger partial charge on any atom is -0.292 e. The first kappa shape index (κ1) is 24.8. The van der Waals surface area contributed by atoms with Gasteiger partial charge in [-0.25, -0.2) is 4.98 Å². The number of rotatable bonds is 3. The quantitative estimate of drug-likeness (QED) is 0.193. The lowest BCUT2D eigenvalue weighted by molar-refractivity contribution is 0.590. The number of nitrogens with zero attached hydrogens (tertiary/aromatic N) is 2. The van der Waals surface area contributed by atoms with Gasteiger partial charge in [0, 0.05) is 14.7 Å². The monoisotopic (exact) mass is 584 g/mol. The SMILES string of the molecule is CC(C)(C)c1cc(I)cc(-c2nc3ccccc3n2-c2ccc(C(C)(C)C)cc2-c2ccccc2)c1. The molecule has 0 aliphatic rings. The van der Waals surface area contributed by atoms with Crippen LogP contribution in [0.3, 0.4) is 0 Å². The van der Waals surface area contributed by atoms with E-state index in [2.05, 4.69) is 160 Å². The van der Waals surface area contributed by atoms with Gasteiger partial charge in [0.2, 0.25) is 0 Å². The number of hydrogen-bond donors (Lipinski definition) is 0. The fourth-order valence-corrected chi connectivity index (χ4v) is 5.33. The van der Waals surface area contributed by atoms with E-state index >= 15 is 0 Å². The van der Waals surface area contributed by atoms with Crippen LogP contribution in [0.1, 0.15) is 52.7 Å². The van der Waals surface area contributed by atoms with E-state index in [0.717, 1.165) is 28.1 Å². The van der Waals surface area contributed by atoms with Crippen molar-refractivity contribution in [1.29, 1.82) is 0 Å². The minimum atomic E-state index is 0.0519. The van der Waals surface area contributed by atoms with Gasteiger partial charge in [0.1, 0.15) is 5.82 Å². The Morgan fingerprint density at radius 1 is 0.639 bits per heavy atom. The smallest absolute Gasteiger partial charge is 0.145 e. The summed E-state index contributed by atoms with van der Waals surface area (Å²) in [5.74, 6) is 0.973. The largest absolute Gasteiger partial charge is 0.292 e. The van der Waals surface area contributed by atoms with Crippen LogP contribution < -0.4 is 0 Å². The Balaban J connectivity index is 1.85. The fraction of sp³-hybridized carbons (Fsp3) is 0.242. The second-order valence-electron chi connectivity index (χ2n) is 11.6. The first-order chi connectivity index (χ1) is 17.0. The van der Waals surface area contributed by atoms with Crippen molar-refractivity contribution in [2.45, 2.75) is 52.4 Å². The lowest BCUT2D eigenvalue weighted by atomic mass is 9.85. The van der Waals surface area contributed by atoms with Gasteiger partial charge in [-0.3, -0.25) is 4.57 Å². The van der Waals surface area contributed by atoms with Gasteiger partial charge in [-0.2, -0.15) is 0 Å². The minimum absolute atomic E-state index is 0.0519. The van der Waals surface area contributed by atoms with Crippen molar-refractivity contribution in [3.05, 3.63) is 106 Å². The van der Waals surface area contributed by atoms with Gasteiger partial charge in [-0.15, -0.1) is 0 Å². The normalized spacial score (nSPS) is 12.3. The molecule has 1 heterocycles. The Labute approximate surface area is 228 Å². The van der Waals surface area contributed by atoms with Crippen molar-refractivity contribution in [2.24, 2.45) is 0 Å². The van der Waals surface area contributed by atoms with E-state index in [1.165, 1.54) is 25.8 Å². The number of hydrogen-bond acceptors (Lipinski definition) is 1. The zero-order valence-corrected chi connectivity index (χ0v) is 24.1. The Bertz CT molecular complexity index is 1550. The molecule has 0 atom stereocenters. The van der Waals surface area contributed by atoms with Crippen LogP contribution >= 0.6 is 22.6 Å². The predicted octanol–water partition coefficient (Wildman–Crippen LogP) is 9.56. The molecule has 0 spiro atoms. The van der Waals surface area contributed by atoms with E-state index in [9.17, 15) is 0 Å². The van der Waals surface area contributed by atoms with Gasteiger partial charge >= 0.3 is 0 Å². The summed E-state index contributed by atoms with van der Waals surface area (Å²) in [6.45, 7) is 13.6. The van der Waals surface area contributed by atoms with E-state index in [1.807, 2.05) is 0 Å². The van der Waals surface area contributed by atoms with Crippen LogP contribution in [0.5, 0.6) is 0 Å². The Hall–Kier alpha value is -2.92. The molecule has 5 aromatic rings. The Morgan fingerprint density at radius 2 is 1.31 bits per heavy atom. The zero-order valence-electron chi connectivity index (χ0n) is 21.9. The maximum atomic E-state index is 5.19. The van der Waals surface area contributed by atoms with Crippen LogP contribution in [0.4, 0.5) is 0 Å². The van der Waals surface area contributed by atoms with Crippen LogP contribution in [0.15, 0.2) is 91.0 Å². The first-order valence-electron chi connectivity index (χ1n) is 12.5. The third-order valence-corrected chi connectivity index (χ3v) is 7.39. The highest BCUT2D eigenvalue weighted by Gasteiger charge is 2.22. The molecule has 0 unspecified atom stereocenters. The highest BCUT2D eigenvalue weighted by atomic mass is 127. The molecule has 0 saturated heterocycles. The molecule has 0 fully saturated rings. The van der Waals surface area contributed by atoms with Crippen molar-refractivity contribution in [1.82, 2.24) is 9.55 Å². The van der Waals surface area contributed by atoms with Gasteiger partial charge in [-0.1, -0.05) is 90.1 Å².